The summed E-state index contributed by atoms with van der Waals surface area (Å²) < 4.78 is 0. The van der Waals surface area contributed by atoms with Gasteiger partial charge in [0.2, 0.25) is 0 Å². The van der Waals surface area contributed by atoms with Gasteiger partial charge in [0.1, 0.15) is 20.4 Å². The Kier molecular flexibility index (Phi) is 74600. The minimum Gasteiger partial charge on any atom is -0.870 e. The normalized spacial score (nSPS) is 1.78. The van der Waals surface area contributed by atoms with E-state index in [9.17, 15) is 0 Å². The fourth-order valence-corrected chi connectivity index (χ4v) is 0. The van der Waals surface area contributed by atoms with Gasteiger partial charge in [0.15, 0.2) is 0 Å². The molecule has 12 heteroatoms. The third kappa shape index (κ3) is 6940. The van der Waals surface area contributed by atoms with Crippen LogP contribution >= 0.6 is 0 Å². The molecule has 0 aliphatic rings. The molecule has 194 valence electrons. The van der Waals surface area contributed by atoms with Crippen molar-refractivity contribution in [3.63, 3.8) is 0 Å². The van der Waals surface area contributed by atoms with Crippen LogP contribution in [0, 0.1) is 0 Å². The Morgan fingerprint density at radius 1 is 0.407 bits per heavy atom. The summed E-state index contributed by atoms with van der Waals surface area (Å²) in [7, 11) is 1.00. The Morgan fingerprint density at radius 3 is 0.407 bits per heavy atom. The number of aliphatic hydroxyl groups excluding tert-OH is 1. The molecule has 0 fully saturated rings. The first-order valence-corrected chi connectivity index (χ1v) is 6.31. The Labute approximate surface area is 170 Å². The van der Waals surface area contributed by atoms with E-state index >= 15 is 0 Å². The summed E-state index contributed by atoms with van der Waals surface area (Å²) >= 11 is 0. The van der Waals surface area contributed by atoms with E-state index in [1.807, 2.05) is 89.6 Å². The predicted molar refractivity (Wildman–Crippen MR) is 122 cm³/mol. The fraction of sp³-hybridized carbons (Fsp3) is 0.800. The van der Waals surface area contributed by atoms with Crippen LogP contribution < -0.4 is 0 Å². The highest BCUT2D eigenvalue weighted by molar-refractivity contribution is 5.11. The number of aliphatic hydroxyl groups is 1. The molecular formula is C15H61O12-. The zero-order chi connectivity index (χ0) is 18.0. The Morgan fingerprint density at radius 2 is 0.407 bits per heavy atom. The molecule has 0 amide bonds. The molecule has 0 rings (SSSR count). The van der Waals surface area contributed by atoms with E-state index in [1.54, 1.807) is 0 Å². The maximum atomic E-state index is 8.00. The van der Waals surface area contributed by atoms with E-state index in [4.69, 9.17) is 19.5 Å². The Bertz CT molecular complexity index is 37.7. The van der Waals surface area contributed by atoms with Crippen LogP contribution in [0.2, 0.25) is 0 Å². The van der Waals surface area contributed by atoms with E-state index in [2.05, 4.69) is 0 Å². The SMILES string of the molecule is C.C=O.C=O.C=O.CC.CC.CC.CC.CC.CO.O.O.O.O.O.O.O.[HH].[OH-]. The lowest BCUT2D eigenvalue weighted by molar-refractivity contribution is -0.0987. The zero-order valence-electron chi connectivity index (χ0n) is 18.7. The summed E-state index contributed by atoms with van der Waals surface area (Å²) in [5.74, 6) is 0. The van der Waals surface area contributed by atoms with E-state index in [-0.39, 0.29) is 52.7 Å². The molecule has 0 heterocycles. The molecule has 0 saturated carbocycles. The van der Waals surface area contributed by atoms with Gasteiger partial charge >= 0.3 is 0 Å². The van der Waals surface area contributed by atoms with E-state index < -0.39 is 0 Å². The van der Waals surface area contributed by atoms with E-state index in [1.165, 1.54) is 0 Å². The molecule has 0 aliphatic carbocycles. The van der Waals surface area contributed by atoms with Crippen molar-refractivity contribution in [3.8, 4) is 0 Å². The molecule has 0 radical (unpaired) electrons. The first-order chi connectivity index (χ1) is 9.00. The van der Waals surface area contributed by atoms with Gasteiger partial charge in [0, 0.05) is 8.54 Å². The van der Waals surface area contributed by atoms with Crippen LogP contribution in [0.4, 0.5) is 0 Å². The first-order valence-electron chi connectivity index (χ1n) is 6.31. The van der Waals surface area contributed by atoms with Crippen molar-refractivity contribution in [2.24, 2.45) is 0 Å². The van der Waals surface area contributed by atoms with Crippen LogP contribution in [-0.2, 0) is 14.4 Å². The number of carbonyl (C=O) groups excluding carboxylic acids is 3. The second kappa shape index (κ2) is 7570. The number of carbonyl (C=O) groups is 3. The van der Waals surface area contributed by atoms with Gasteiger partial charge in [-0.2, -0.15) is 0 Å². The average Bonchev–Trinajstić information content (AvgIpc) is 2.63. The second-order valence-corrected chi connectivity index (χ2v) is 0. The van der Waals surface area contributed by atoms with Crippen LogP contribution in [0.3, 0.4) is 0 Å². The van der Waals surface area contributed by atoms with Gasteiger partial charge in [-0.3, -0.25) is 0 Å². The van der Waals surface area contributed by atoms with E-state index in [0.29, 0.717) is 0 Å². The van der Waals surface area contributed by atoms with Crippen molar-refractivity contribution < 1.29 is 64.7 Å². The molecule has 0 bridgehead atoms. The van der Waals surface area contributed by atoms with Crippen molar-refractivity contribution in [3.05, 3.63) is 0 Å². The molecule has 0 atom stereocenters. The maximum Gasteiger partial charge on any atom is 0.106 e. The minimum absolute atomic E-state index is 0. The molecule has 0 aliphatic heterocycles. The molecule has 0 saturated heterocycles. The predicted octanol–water partition coefficient (Wildman–Crippen LogP) is -0.883. The van der Waals surface area contributed by atoms with Crippen LogP contribution in [0.1, 0.15) is 78.1 Å². The molecular weight excluding hydrogens is 372 g/mol. The van der Waals surface area contributed by atoms with Crippen molar-refractivity contribution in [1.82, 2.24) is 0 Å². The minimum atomic E-state index is 0. The molecule has 0 spiro atoms. The summed E-state index contributed by atoms with van der Waals surface area (Å²) in [5.41, 5.74) is 0. The lowest BCUT2D eigenvalue weighted by Gasteiger charge is -1.21. The third-order valence-electron chi connectivity index (χ3n) is 0. The molecule has 16 N–H and O–H groups in total. The van der Waals surface area contributed by atoms with Crippen LogP contribution in [0.5, 0.6) is 0 Å². The number of hydrogen-bond acceptors (Lipinski definition) is 5. The summed E-state index contributed by atoms with van der Waals surface area (Å²) in [6, 6.07) is 0. The Hall–Kier alpha value is -1.35. The highest BCUT2D eigenvalue weighted by Gasteiger charge is 0.940. The van der Waals surface area contributed by atoms with Gasteiger partial charge < -0.3 is 63.3 Å². The third-order valence-corrected chi connectivity index (χ3v) is 0. The summed E-state index contributed by atoms with van der Waals surface area (Å²) in [4.78, 5) is 24.0. The first kappa shape index (κ1) is 266. The smallest absolute Gasteiger partial charge is 0.106 e. The van der Waals surface area contributed by atoms with Gasteiger partial charge in [0.05, 0.1) is 0 Å². The van der Waals surface area contributed by atoms with Crippen LogP contribution in [0.25, 0.3) is 0 Å². The summed E-state index contributed by atoms with van der Waals surface area (Å²) in [6.45, 7) is 26.0. The molecule has 12 nitrogen and oxygen atoms in total. The van der Waals surface area contributed by atoms with Crippen molar-refractivity contribution in [2.45, 2.75) is 76.7 Å². The quantitative estimate of drug-likeness (QED) is 0.506. The van der Waals surface area contributed by atoms with Gasteiger partial charge in [-0.05, 0) is 0 Å². The monoisotopic (exact) mass is 433 g/mol. The van der Waals surface area contributed by atoms with Crippen LogP contribution in [0.15, 0.2) is 0 Å². The van der Waals surface area contributed by atoms with E-state index in [0.717, 1.165) is 7.11 Å². The molecule has 0 aromatic rings. The van der Waals surface area contributed by atoms with Crippen molar-refractivity contribution in [1.29, 1.82) is 0 Å². The molecule has 0 unspecified atom stereocenters. The van der Waals surface area contributed by atoms with Gasteiger partial charge in [-0.15, -0.1) is 0 Å². The van der Waals surface area contributed by atoms with Gasteiger partial charge in [0.25, 0.3) is 0 Å². The topological polar surface area (TPSA) is 322 Å². The number of hydrogen-bond donors (Lipinski definition) is 1. The molecule has 27 heavy (non-hydrogen) atoms. The summed E-state index contributed by atoms with van der Waals surface area (Å²) in [6.07, 6.45) is 0. The second-order valence-electron chi connectivity index (χ2n) is 0. The highest BCUT2D eigenvalue weighted by atomic mass is 16.2. The maximum absolute atomic E-state index is 8.00. The fourth-order valence-electron chi connectivity index (χ4n) is 0. The molecule has 0 aromatic heterocycles. The zero-order valence-corrected chi connectivity index (χ0v) is 18.7. The average molecular weight is 434 g/mol. The standard InChI is InChI=1S/5C2H6.CH4O.3CH2O.CH4.8H2O.H2/c9*1-2;;;;;;;;;;/h5*1-2H3;2H,1H3;3*1H2;1H4;8*1H2;1H/p-1. The van der Waals surface area contributed by atoms with Crippen molar-refractivity contribution >= 4 is 20.4 Å². The Balaban J connectivity index is -0.00000000183. The van der Waals surface area contributed by atoms with Gasteiger partial charge in [-0.1, -0.05) is 76.7 Å². The number of rotatable bonds is 0. The highest BCUT2D eigenvalue weighted by Crippen LogP contribution is 1.15. The molecule has 0 aromatic carbocycles. The van der Waals surface area contributed by atoms with Gasteiger partial charge in [-0.25, -0.2) is 0 Å². The van der Waals surface area contributed by atoms with Crippen LogP contribution in [-0.4, -0.2) is 76.4 Å². The summed E-state index contributed by atoms with van der Waals surface area (Å²) in [5, 5.41) is 7.00. The van der Waals surface area contributed by atoms with Crippen molar-refractivity contribution in [2.75, 3.05) is 7.11 Å². The largest absolute Gasteiger partial charge is 0.870 e. The lowest BCUT2D eigenvalue weighted by Crippen LogP contribution is -1.25. The lowest BCUT2D eigenvalue weighted by atomic mass is 11.0.